The Morgan fingerprint density at radius 1 is 1.44 bits per heavy atom. The molecule has 2 fully saturated rings. The molecule has 0 unspecified atom stereocenters. The monoisotopic (exact) mass is 249 g/mol. The van der Waals surface area contributed by atoms with Crippen molar-refractivity contribution >= 4 is 11.7 Å². The molecular formula is C14H16FNO2. The standard InChI is InChI=1S/C14H16FNO2/c15-10-2-1-3-11(12(10)13(17)18)16-8-14(6-7-14)9-4-5-9/h1-3,9,16H,4-8H2,(H,17,18). The molecule has 4 heteroatoms. The molecule has 0 atom stereocenters. The molecule has 0 bridgehead atoms. The van der Waals surface area contributed by atoms with Crippen LogP contribution in [0.25, 0.3) is 0 Å². The van der Waals surface area contributed by atoms with Gasteiger partial charge in [0.1, 0.15) is 11.4 Å². The van der Waals surface area contributed by atoms with E-state index in [0.717, 1.165) is 12.5 Å². The van der Waals surface area contributed by atoms with E-state index in [4.69, 9.17) is 5.11 Å². The van der Waals surface area contributed by atoms with Crippen LogP contribution in [0, 0.1) is 17.2 Å². The van der Waals surface area contributed by atoms with Gasteiger partial charge in [-0.2, -0.15) is 0 Å². The molecule has 1 aromatic rings. The van der Waals surface area contributed by atoms with Gasteiger partial charge in [-0.15, -0.1) is 0 Å². The van der Waals surface area contributed by atoms with Crippen LogP contribution in [-0.4, -0.2) is 17.6 Å². The van der Waals surface area contributed by atoms with E-state index in [1.165, 1.54) is 31.7 Å². The maximum Gasteiger partial charge on any atom is 0.340 e. The molecule has 0 amide bonds. The zero-order valence-electron chi connectivity index (χ0n) is 10.1. The van der Waals surface area contributed by atoms with Gasteiger partial charge in [0.25, 0.3) is 0 Å². The van der Waals surface area contributed by atoms with Crippen LogP contribution in [0.15, 0.2) is 18.2 Å². The van der Waals surface area contributed by atoms with Crippen LogP contribution in [0.3, 0.4) is 0 Å². The molecule has 96 valence electrons. The van der Waals surface area contributed by atoms with E-state index < -0.39 is 11.8 Å². The highest BCUT2D eigenvalue weighted by atomic mass is 19.1. The Morgan fingerprint density at radius 3 is 2.72 bits per heavy atom. The van der Waals surface area contributed by atoms with Crippen LogP contribution in [0.4, 0.5) is 10.1 Å². The van der Waals surface area contributed by atoms with Crippen molar-refractivity contribution in [2.75, 3.05) is 11.9 Å². The van der Waals surface area contributed by atoms with Gasteiger partial charge in [0.2, 0.25) is 0 Å². The summed E-state index contributed by atoms with van der Waals surface area (Å²) in [7, 11) is 0. The van der Waals surface area contributed by atoms with Crippen molar-refractivity contribution in [1.82, 2.24) is 0 Å². The largest absolute Gasteiger partial charge is 0.478 e. The summed E-state index contributed by atoms with van der Waals surface area (Å²) in [6, 6.07) is 4.36. The SMILES string of the molecule is O=C(O)c1c(F)cccc1NCC1(C2CC2)CC1. The molecule has 2 N–H and O–H groups in total. The van der Waals surface area contributed by atoms with Gasteiger partial charge in [0, 0.05) is 6.54 Å². The summed E-state index contributed by atoms with van der Waals surface area (Å²) in [6.45, 7) is 0.765. The van der Waals surface area contributed by atoms with Crippen LogP contribution in [-0.2, 0) is 0 Å². The van der Waals surface area contributed by atoms with Crippen LogP contribution in [0.1, 0.15) is 36.0 Å². The molecule has 1 aromatic carbocycles. The summed E-state index contributed by atoms with van der Waals surface area (Å²) in [6.07, 6.45) is 5.00. The zero-order valence-corrected chi connectivity index (χ0v) is 10.1. The van der Waals surface area contributed by atoms with E-state index >= 15 is 0 Å². The van der Waals surface area contributed by atoms with E-state index in [0.29, 0.717) is 11.1 Å². The first-order chi connectivity index (χ1) is 8.62. The summed E-state index contributed by atoms with van der Waals surface area (Å²) in [4.78, 5) is 11.0. The van der Waals surface area contributed by atoms with Gasteiger partial charge < -0.3 is 10.4 Å². The highest BCUT2D eigenvalue weighted by Crippen LogP contribution is 2.61. The Morgan fingerprint density at radius 2 is 2.17 bits per heavy atom. The van der Waals surface area contributed by atoms with Gasteiger partial charge in [0.15, 0.2) is 0 Å². The van der Waals surface area contributed by atoms with Crippen molar-refractivity contribution in [2.24, 2.45) is 11.3 Å². The number of anilines is 1. The lowest BCUT2D eigenvalue weighted by molar-refractivity contribution is 0.0693. The van der Waals surface area contributed by atoms with Gasteiger partial charge >= 0.3 is 5.97 Å². The fraction of sp³-hybridized carbons (Fsp3) is 0.500. The van der Waals surface area contributed by atoms with E-state index in [1.807, 2.05) is 0 Å². The van der Waals surface area contributed by atoms with E-state index in [2.05, 4.69) is 5.32 Å². The van der Waals surface area contributed by atoms with Crippen molar-refractivity contribution in [3.8, 4) is 0 Å². The van der Waals surface area contributed by atoms with Gasteiger partial charge in [0.05, 0.1) is 5.69 Å². The van der Waals surface area contributed by atoms with Gasteiger partial charge in [-0.05, 0) is 49.1 Å². The smallest absolute Gasteiger partial charge is 0.340 e. The Hall–Kier alpha value is -1.58. The molecule has 2 aliphatic rings. The van der Waals surface area contributed by atoms with Crippen LogP contribution in [0.2, 0.25) is 0 Å². The number of hydrogen-bond acceptors (Lipinski definition) is 2. The molecule has 2 aliphatic carbocycles. The number of hydrogen-bond donors (Lipinski definition) is 2. The number of aromatic carboxylic acids is 1. The molecule has 3 nitrogen and oxygen atoms in total. The van der Waals surface area contributed by atoms with Gasteiger partial charge in [-0.25, -0.2) is 9.18 Å². The van der Waals surface area contributed by atoms with Crippen molar-refractivity contribution in [1.29, 1.82) is 0 Å². The normalized spacial score (nSPS) is 20.5. The lowest BCUT2D eigenvalue weighted by Crippen LogP contribution is -2.19. The molecular weight excluding hydrogens is 233 g/mol. The van der Waals surface area contributed by atoms with Crippen LogP contribution >= 0.6 is 0 Å². The molecule has 0 aliphatic heterocycles. The minimum absolute atomic E-state index is 0.246. The maximum absolute atomic E-state index is 13.5. The molecule has 0 radical (unpaired) electrons. The summed E-state index contributed by atoms with van der Waals surface area (Å²) < 4.78 is 13.5. The Bertz CT molecular complexity index is 493. The minimum Gasteiger partial charge on any atom is -0.478 e. The third-order valence-corrected chi connectivity index (χ3v) is 4.19. The molecule has 2 saturated carbocycles. The number of carboxylic acid groups (broad SMARTS) is 1. The van der Waals surface area contributed by atoms with E-state index in [-0.39, 0.29) is 5.56 Å². The predicted octanol–water partition coefficient (Wildman–Crippen LogP) is 3.13. The third-order valence-electron chi connectivity index (χ3n) is 4.19. The van der Waals surface area contributed by atoms with Crippen LogP contribution in [0.5, 0.6) is 0 Å². The molecule has 0 aromatic heterocycles. The van der Waals surface area contributed by atoms with Crippen molar-refractivity contribution < 1.29 is 14.3 Å². The van der Waals surface area contributed by atoms with Gasteiger partial charge in [-0.3, -0.25) is 0 Å². The van der Waals surface area contributed by atoms with E-state index in [1.54, 1.807) is 12.1 Å². The Kier molecular flexibility index (Phi) is 2.54. The lowest BCUT2D eigenvalue weighted by Gasteiger charge is -2.17. The summed E-state index contributed by atoms with van der Waals surface area (Å²) >= 11 is 0. The zero-order chi connectivity index (χ0) is 12.8. The van der Waals surface area contributed by atoms with E-state index in [9.17, 15) is 9.18 Å². The first-order valence-electron chi connectivity index (χ1n) is 6.38. The average molecular weight is 249 g/mol. The van der Waals surface area contributed by atoms with Crippen molar-refractivity contribution in [2.45, 2.75) is 25.7 Å². The number of rotatable bonds is 5. The molecule has 0 heterocycles. The number of benzene rings is 1. The topological polar surface area (TPSA) is 49.3 Å². The molecule has 18 heavy (non-hydrogen) atoms. The quantitative estimate of drug-likeness (QED) is 0.842. The first kappa shape index (κ1) is 11.5. The third kappa shape index (κ3) is 1.96. The number of carbonyl (C=O) groups is 1. The predicted molar refractivity (Wildman–Crippen MR) is 66.2 cm³/mol. The maximum atomic E-state index is 13.5. The highest BCUT2D eigenvalue weighted by molar-refractivity contribution is 5.94. The average Bonchev–Trinajstić information content (AvgIpc) is 3.17. The fourth-order valence-electron chi connectivity index (χ4n) is 2.75. The van der Waals surface area contributed by atoms with Crippen molar-refractivity contribution in [3.63, 3.8) is 0 Å². The Labute approximate surface area is 105 Å². The molecule has 3 rings (SSSR count). The fourth-order valence-corrected chi connectivity index (χ4v) is 2.75. The van der Waals surface area contributed by atoms with Crippen LogP contribution < -0.4 is 5.32 Å². The second-order valence-electron chi connectivity index (χ2n) is 5.46. The number of carboxylic acids is 1. The second kappa shape index (κ2) is 3.97. The first-order valence-corrected chi connectivity index (χ1v) is 6.38. The molecule has 0 spiro atoms. The minimum atomic E-state index is -1.22. The molecule has 0 saturated heterocycles. The lowest BCUT2D eigenvalue weighted by atomic mass is 10.0. The van der Waals surface area contributed by atoms with Gasteiger partial charge in [-0.1, -0.05) is 6.07 Å². The number of nitrogens with one attached hydrogen (secondary N) is 1. The second-order valence-corrected chi connectivity index (χ2v) is 5.46. The highest BCUT2D eigenvalue weighted by Gasteiger charge is 2.53. The van der Waals surface area contributed by atoms with Crippen molar-refractivity contribution in [3.05, 3.63) is 29.6 Å². The number of halogens is 1. The Balaban J connectivity index is 1.76. The summed E-state index contributed by atoms with van der Waals surface area (Å²) in [5.74, 6) is -1.09. The summed E-state index contributed by atoms with van der Waals surface area (Å²) in [5, 5.41) is 12.2. The summed E-state index contributed by atoms with van der Waals surface area (Å²) in [5.41, 5.74) is 0.515.